The topological polar surface area (TPSA) is 49.3 Å². The molecule has 3 aromatic rings. The van der Waals surface area contributed by atoms with E-state index in [0.717, 1.165) is 54.9 Å². The molecule has 0 atom stereocenters. The third kappa shape index (κ3) is 4.20. The van der Waals surface area contributed by atoms with E-state index in [-0.39, 0.29) is 5.91 Å². The number of hydrogen-bond acceptors (Lipinski definition) is 4. The molecule has 0 saturated carbocycles. The molecule has 0 N–H and O–H groups in total. The van der Waals surface area contributed by atoms with E-state index in [9.17, 15) is 4.79 Å². The monoisotopic (exact) mass is 358 g/mol. The number of carbonyl (C=O) groups is 1. The summed E-state index contributed by atoms with van der Waals surface area (Å²) < 4.78 is 0. The summed E-state index contributed by atoms with van der Waals surface area (Å²) >= 11 is 0. The predicted octanol–water partition coefficient (Wildman–Crippen LogP) is 2.99. The fraction of sp³-hybridized carbons (Fsp3) is 0.227. The minimum absolute atomic E-state index is 0.0559. The largest absolute Gasteiger partial charge is 0.337 e. The number of rotatable bonds is 4. The highest BCUT2D eigenvalue weighted by atomic mass is 16.2. The van der Waals surface area contributed by atoms with Crippen molar-refractivity contribution in [3.05, 3.63) is 78.3 Å². The van der Waals surface area contributed by atoms with E-state index in [1.54, 1.807) is 12.3 Å². The van der Waals surface area contributed by atoms with Gasteiger partial charge in [0.05, 0.1) is 11.2 Å². The molecule has 0 aliphatic carbocycles. The molecule has 2 aromatic heterocycles. The molecule has 0 unspecified atom stereocenters. The summed E-state index contributed by atoms with van der Waals surface area (Å²) in [4.78, 5) is 25.6. The Bertz CT molecular complexity index is 941. The minimum atomic E-state index is 0.0559. The predicted molar refractivity (Wildman–Crippen MR) is 107 cm³/mol. The van der Waals surface area contributed by atoms with Gasteiger partial charge in [0.15, 0.2) is 0 Å². The highest BCUT2D eigenvalue weighted by Crippen LogP contribution is 2.17. The number of carbonyl (C=O) groups excluding carboxylic acids is 1. The van der Waals surface area contributed by atoms with E-state index >= 15 is 0 Å². The second-order valence-electron chi connectivity index (χ2n) is 6.68. The summed E-state index contributed by atoms with van der Waals surface area (Å²) in [5.74, 6) is 0.0559. The van der Waals surface area contributed by atoms with Crippen LogP contribution >= 0.6 is 0 Å². The van der Waals surface area contributed by atoms with Crippen LogP contribution in [0.5, 0.6) is 0 Å². The van der Waals surface area contributed by atoms with Crippen molar-refractivity contribution in [3.63, 3.8) is 0 Å². The average molecular weight is 358 g/mol. The summed E-state index contributed by atoms with van der Waals surface area (Å²) in [6, 6.07) is 15.9. The molecule has 1 aliphatic heterocycles. The first-order valence-corrected chi connectivity index (χ1v) is 9.22. The number of para-hydroxylation sites is 1. The molecule has 0 spiro atoms. The Morgan fingerprint density at radius 3 is 2.56 bits per heavy atom. The lowest BCUT2D eigenvalue weighted by Crippen LogP contribution is -2.47. The molecule has 1 fully saturated rings. The van der Waals surface area contributed by atoms with Gasteiger partial charge < -0.3 is 4.90 Å². The van der Waals surface area contributed by atoms with E-state index in [1.165, 1.54) is 0 Å². The summed E-state index contributed by atoms with van der Waals surface area (Å²) in [7, 11) is 0. The van der Waals surface area contributed by atoms with Crippen LogP contribution in [0.2, 0.25) is 0 Å². The minimum Gasteiger partial charge on any atom is -0.337 e. The zero-order valence-corrected chi connectivity index (χ0v) is 15.2. The molecular formula is C22H22N4O. The summed E-state index contributed by atoms with van der Waals surface area (Å²) in [5, 5.41) is 1.08. The molecule has 1 amide bonds. The van der Waals surface area contributed by atoms with E-state index in [1.807, 2.05) is 65.7 Å². The van der Waals surface area contributed by atoms with Gasteiger partial charge >= 0.3 is 0 Å². The van der Waals surface area contributed by atoms with E-state index in [4.69, 9.17) is 0 Å². The molecule has 5 heteroatoms. The Morgan fingerprint density at radius 1 is 0.926 bits per heavy atom. The van der Waals surface area contributed by atoms with Crippen molar-refractivity contribution in [1.82, 2.24) is 19.8 Å². The van der Waals surface area contributed by atoms with Gasteiger partial charge in [-0.3, -0.25) is 19.7 Å². The standard InChI is InChI=1S/C22H22N4O/c27-21(10-9-19-6-3-5-18-7-4-12-24-22(18)19)26-15-13-25(14-16-26)17-20-8-1-2-11-23-20/h1-12H,13-17H2/b10-9+. The van der Waals surface area contributed by atoms with Crippen molar-refractivity contribution in [2.24, 2.45) is 0 Å². The third-order valence-electron chi connectivity index (χ3n) is 4.87. The lowest BCUT2D eigenvalue weighted by atomic mass is 10.1. The van der Waals surface area contributed by atoms with Gasteiger partial charge in [0.2, 0.25) is 5.91 Å². The highest BCUT2D eigenvalue weighted by Gasteiger charge is 2.19. The molecule has 1 saturated heterocycles. The maximum atomic E-state index is 12.6. The molecule has 0 bridgehead atoms. The number of fused-ring (bicyclic) bond motifs is 1. The van der Waals surface area contributed by atoms with Crippen LogP contribution < -0.4 is 0 Å². The number of benzene rings is 1. The molecule has 136 valence electrons. The van der Waals surface area contributed by atoms with Crippen molar-refractivity contribution in [3.8, 4) is 0 Å². The van der Waals surface area contributed by atoms with Gasteiger partial charge in [0, 0.05) is 62.1 Å². The number of piperazine rings is 1. The van der Waals surface area contributed by atoms with Crippen molar-refractivity contribution in [1.29, 1.82) is 0 Å². The molecule has 0 radical (unpaired) electrons. The highest BCUT2D eigenvalue weighted by molar-refractivity contribution is 5.95. The molecular weight excluding hydrogens is 336 g/mol. The second-order valence-corrected chi connectivity index (χ2v) is 6.68. The molecule has 5 nitrogen and oxygen atoms in total. The maximum Gasteiger partial charge on any atom is 0.246 e. The lowest BCUT2D eigenvalue weighted by Gasteiger charge is -2.34. The Balaban J connectivity index is 1.36. The zero-order valence-electron chi connectivity index (χ0n) is 15.2. The van der Waals surface area contributed by atoms with Crippen molar-refractivity contribution < 1.29 is 4.79 Å². The number of amides is 1. The first-order chi connectivity index (χ1) is 13.3. The van der Waals surface area contributed by atoms with Crippen molar-refractivity contribution in [2.75, 3.05) is 26.2 Å². The second kappa shape index (κ2) is 8.10. The number of nitrogens with zero attached hydrogens (tertiary/aromatic N) is 4. The molecule has 1 aromatic carbocycles. The quantitative estimate of drug-likeness (QED) is 0.673. The SMILES string of the molecule is O=C(/C=C/c1cccc2cccnc12)N1CCN(Cc2ccccn2)CC1. The smallest absolute Gasteiger partial charge is 0.246 e. The average Bonchev–Trinajstić information content (AvgIpc) is 2.73. The molecule has 27 heavy (non-hydrogen) atoms. The first kappa shape index (κ1) is 17.4. The summed E-state index contributed by atoms with van der Waals surface area (Å²) in [6.45, 7) is 4.05. The van der Waals surface area contributed by atoms with Crippen LogP contribution in [0.25, 0.3) is 17.0 Å². The molecule has 1 aliphatic rings. The Labute approximate surface area is 159 Å². The number of pyridine rings is 2. The molecule has 3 heterocycles. The van der Waals surface area contributed by atoms with E-state index < -0.39 is 0 Å². The zero-order chi connectivity index (χ0) is 18.5. The van der Waals surface area contributed by atoms with Crippen LogP contribution in [-0.4, -0.2) is 51.9 Å². The fourth-order valence-corrected chi connectivity index (χ4v) is 3.38. The van der Waals surface area contributed by atoms with E-state index in [0.29, 0.717) is 0 Å². The normalized spacial score (nSPS) is 15.5. The van der Waals surface area contributed by atoms with Crippen molar-refractivity contribution >= 4 is 22.9 Å². The Morgan fingerprint density at radius 2 is 1.74 bits per heavy atom. The van der Waals surface area contributed by atoms with Crippen LogP contribution in [-0.2, 0) is 11.3 Å². The van der Waals surface area contributed by atoms with Crippen LogP contribution in [0, 0.1) is 0 Å². The van der Waals surface area contributed by atoms with Crippen LogP contribution in [0.1, 0.15) is 11.3 Å². The van der Waals surface area contributed by atoms with Gasteiger partial charge in [-0.05, 0) is 24.3 Å². The van der Waals surface area contributed by atoms with Gasteiger partial charge in [-0.25, -0.2) is 0 Å². The van der Waals surface area contributed by atoms with Crippen LogP contribution in [0.4, 0.5) is 0 Å². The van der Waals surface area contributed by atoms with Gasteiger partial charge in [0.1, 0.15) is 0 Å². The van der Waals surface area contributed by atoms with Crippen LogP contribution in [0.3, 0.4) is 0 Å². The van der Waals surface area contributed by atoms with Crippen LogP contribution in [0.15, 0.2) is 67.0 Å². The number of aromatic nitrogens is 2. The summed E-state index contributed by atoms with van der Waals surface area (Å²) in [6.07, 6.45) is 7.14. The Kier molecular flexibility index (Phi) is 5.21. The number of hydrogen-bond donors (Lipinski definition) is 0. The lowest BCUT2D eigenvalue weighted by molar-refractivity contribution is -0.127. The van der Waals surface area contributed by atoms with Gasteiger partial charge in [-0.15, -0.1) is 0 Å². The van der Waals surface area contributed by atoms with E-state index in [2.05, 4.69) is 14.9 Å². The maximum absolute atomic E-state index is 12.6. The van der Waals surface area contributed by atoms with Crippen molar-refractivity contribution in [2.45, 2.75) is 6.54 Å². The third-order valence-corrected chi connectivity index (χ3v) is 4.87. The first-order valence-electron chi connectivity index (χ1n) is 9.22. The van der Waals surface area contributed by atoms with Gasteiger partial charge in [-0.1, -0.05) is 30.3 Å². The molecule has 4 rings (SSSR count). The van der Waals surface area contributed by atoms with Gasteiger partial charge in [0.25, 0.3) is 0 Å². The fourth-order valence-electron chi connectivity index (χ4n) is 3.38. The summed E-state index contributed by atoms with van der Waals surface area (Å²) in [5.41, 5.74) is 2.96. The van der Waals surface area contributed by atoms with Gasteiger partial charge in [-0.2, -0.15) is 0 Å². The Hall–Kier alpha value is -3.05.